The van der Waals surface area contributed by atoms with Crippen molar-refractivity contribution in [2.45, 2.75) is 12.8 Å². The van der Waals surface area contributed by atoms with Gasteiger partial charge in [0.05, 0.1) is 6.67 Å². The van der Waals surface area contributed by atoms with Crippen LogP contribution in [0.2, 0.25) is 0 Å². The lowest BCUT2D eigenvalue weighted by molar-refractivity contribution is 0.758. The van der Waals surface area contributed by atoms with Crippen LogP contribution >= 0.6 is 0 Å². The maximum atomic E-state index is 5.30. The van der Waals surface area contributed by atoms with Gasteiger partial charge in [0.1, 0.15) is 0 Å². The van der Waals surface area contributed by atoms with Crippen molar-refractivity contribution in [2.24, 2.45) is 21.5 Å². The minimum absolute atomic E-state index is 0.328. The number of nitrogens with two attached hydrogens (primary N) is 2. The van der Waals surface area contributed by atoms with E-state index < -0.39 is 0 Å². The molecule has 0 rings (SSSR count). The van der Waals surface area contributed by atoms with Gasteiger partial charge in [-0.2, -0.15) is 0 Å². The first-order chi connectivity index (χ1) is 5.41. The summed E-state index contributed by atoms with van der Waals surface area (Å²) in [5.41, 5.74) is 10.4. The Morgan fingerprint density at radius 2 is 1.73 bits per heavy atom. The highest BCUT2D eigenvalue weighted by Crippen LogP contribution is 1.84. The Hall–Kier alpha value is -0.740. The molecule has 0 aromatic rings. The zero-order valence-corrected chi connectivity index (χ0v) is 6.74. The summed E-state index contributed by atoms with van der Waals surface area (Å²) in [6, 6.07) is 0. The molecule has 0 radical (unpaired) electrons. The Kier molecular flexibility index (Phi) is 8.64. The minimum atomic E-state index is 0.328. The molecule has 0 atom stereocenters. The van der Waals surface area contributed by atoms with E-state index >= 15 is 0 Å². The molecule has 64 valence electrons. The van der Waals surface area contributed by atoms with Gasteiger partial charge in [0.2, 0.25) is 0 Å². The van der Waals surface area contributed by atoms with Crippen molar-refractivity contribution in [3.8, 4) is 0 Å². The maximum absolute atomic E-state index is 5.30. The molecule has 0 aromatic carbocycles. The Bertz CT molecular complexity index is 120. The van der Waals surface area contributed by atoms with Crippen molar-refractivity contribution < 1.29 is 0 Å². The molecule has 0 fully saturated rings. The summed E-state index contributed by atoms with van der Waals surface area (Å²) in [6.07, 6.45) is 5.36. The number of rotatable bonds is 6. The molecule has 0 saturated carbocycles. The van der Waals surface area contributed by atoms with Crippen molar-refractivity contribution in [1.29, 1.82) is 0 Å². The van der Waals surface area contributed by atoms with Crippen molar-refractivity contribution >= 4 is 12.4 Å². The van der Waals surface area contributed by atoms with E-state index in [0.29, 0.717) is 6.67 Å². The van der Waals surface area contributed by atoms with Crippen LogP contribution in [0.25, 0.3) is 0 Å². The molecule has 0 aromatic heterocycles. The maximum Gasteiger partial charge on any atom is 0.0860 e. The van der Waals surface area contributed by atoms with Gasteiger partial charge in [0, 0.05) is 19.0 Å². The largest absolute Gasteiger partial charge is 0.330 e. The summed E-state index contributed by atoms with van der Waals surface area (Å²) in [7, 11) is 0. The number of hydrogen-bond donors (Lipinski definition) is 2. The Morgan fingerprint density at radius 1 is 1.00 bits per heavy atom. The van der Waals surface area contributed by atoms with E-state index in [1.165, 1.54) is 0 Å². The summed E-state index contributed by atoms with van der Waals surface area (Å²) in [5.74, 6) is 0. The summed E-state index contributed by atoms with van der Waals surface area (Å²) in [4.78, 5) is 7.83. The molecule has 0 aliphatic rings. The van der Waals surface area contributed by atoms with Gasteiger partial charge in [0.25, 0.3) is 0 Å². The molecular weight excluding hydrogens is 140 g/mol. The average molecular weight is 156 g/mol. The fraction of sp³-hybridized carbons (Fsp3) is 0.714. The normalized spacial score (nSPS) is 11.8. The highest BCUT2D eigenvalue weighted by Gasteiger charge is 1.79. The third-order valence-electron chi connectivity index (χ3n) is 1.12. The first-order valence-corrected chi connectivity index (χ1v) is 3.80. The third-order valence-corrected chi connectivity index (χ3v) is 1.12. The third kappa shape index (κ3) is 9.26. The van der Waals surface area contributed by atoms with Crippen LogP contribution in [0.3, 0.4) is 0 Å². The molecule has 11 heavy (non-hydrogen) atoms. The van der Waals surface area contributed by atoms with E-state index in [1.807, 2.05) is 0 Å². The van der Waals surface area contributed by atoms with E-state index in [4.69, 9.17) is 11.5 Å². The molecule has 0 spiro atoms. The Labute approximate surface area is 67.4 Å². The lowest BCUT2D eigenvalue weighted by Gasteiger charge is -1.89. The SMILES string of the molecule is NCCCCN=CC=NCN. The molecule has 0 aliphatic heterocycles. The zero-order chi connectivity index (χ0) is 8.36. The van der Waals surface area contributed by atoms with Crippen LogP contribution in [0.4, 0.5) is 0 Å². The van der Waals surface area contributed by atoms with Crippen LogP contribution in [-0.4, -0.2) is 32.2 Å². The molecule has 0 bridgehead atoms. The topological polar surface area (TPSA) is 76.8 Å². The molecule has 4 heteroatoms. The lowest BCUT2D eigenvalue weighted by atomic mass is 10.3. The van der Waals surface area contributed by atoms with Gasteiger partial charge < -0.3 is 11.5 Å². The second kappa shape index (κ2) is 9.26. The molecular formula is C7H16N4. The van der Waals surface area contributed by atoms with Gasteiger partial charge in [-0.3, -0.25) is 9.98 Å². The standard InChI is InChI=1S/C7H16N4/c8-3-1-2-4-10-5-6-11-7-9/h5-6H,1-4,7-9H2. The van der Waals surface area contributed by atoms with E-state index in [9.17, 15) is 0 Å². The number of aliphatic imine (C=N–C) groups is 2. The Balaban J connectivity index is 3.09. The van der Waals surface area contributed by atoms with Crippen molar-refractivity contribution in [3.05, 3.63) is 0 Å². The van der Waals surface area contributed by atoms with Gasteiger partial charge in [-0.05, 0) is 19.4 Å². The lowest BCUT2D eigenvalue weighted by Crippen LogP contribution is -1.99. The van der Waals surface area contributed by atoms with Gasteiger partial charge >= 0.3 is 0 Å². The molecule has 0 heterocycles. The molecule has 0 saturated heterocycles. The fourth-order valence-corrected chi connectivity index (χ4v) is 0.577. The van der Waals surface area contributed by atoms with Gasteiger partial charge in [-0.25, -0.2) is 0 Å². The molecule has 0 aliphatic carbocycles. The monoisotopic (exact) mass is 156 g/mol. The van der Waals surface area contributed by atoms with Crippen molar-refractivity contribution in [1.82, 2.24) is 0 Å². The predicted octanol–water partition coefficient (Wildman–Crippen LogP) is -0.217. The molecule has 4 nitrogen and oxygen atoms in total. The minimum Gasteiger partial charge on any atom is -0.330 e. The summed E-state index contributed by atoms with van der Waals surface area (Å²) < 4.78 is 0. The van der Waals surface area contributed by atoms with E-state index in [0.717, 1.165) is 25.9 Å². The van der Waals surface area contributed by atoms with Gasteiger partial charge in [-0.1, -0.05) is 0 Å². The number of nitrogens with zero attached hydrogens (tertiary/aromatic N) is 2. The smallest absolute Gasteiger partial charge is 0.0860 e. The quantitative estimate of drug-likeness (QED) is 0.412. The fourth-order valence-electron chi connectivity index (χ4n) is 0.577. The predicted molar refractivity (Wildman–Crippen MR) is 49.2 cm³/mol. The van der Waals surface area contributed by atoms with Crippen LogP contribution in [-0.2, 0) is 0 Å². The molecule has 0 unspecified atom stereocenters. The summed E-state index contributed by atoms with van der Waals surface area (Å²) in [5, 5.41) is 0. The van der Waals surface area contributed by atoms with E-state index in [1.54, 1.807) is 12.4 Å². The number of hydrogen-bond acceptors (Lipinski definition) is 4. The average Bonchev–Trinajstić information content (AvgIpc) is 2.03. The van der Waals surface area contributed by atoms with Crippen LogP contribution < -0.4 is 11.5 Å². The first-order valence-electron chi connectivity index (χ1n) is 3.80. The van der Waals surface area contributed by atoms with Crippen LogP contribution in [0, 0.1) is 0 Å². The first kappa shape index (κ1) is 10.3. The zero-order valence-electron chi connectivity index (χ0n) is 6.74. The Morgan fingerprint density at radius 3 is 2.36 bits per heavy atom. The van der Waals surface area contributed by atoms with Crippen LogP contribution in [0.1, 0.15) is 12.8 Å². The highest BCUT2D eigenvalue weighted by molar-refractivity contribution is 6.15. The van der Waals surface area contributed by atoms with Crippen LogP contribution in [0.15, 0.2) is 9.98 Å². The number of unbranched alkanes of at least 4 members (excludes halogenated alkanes) is 1. The second-order valence-electron chi connectivity index (χ2n) is 2.07. The molecule has 4 N–H and O–H groups in total. The van der Waals surface area contributed by atoms with Gasteiger partial charge in [-0.15, -0.1) is 0 Å². The summed E-state index contributed by atoms with van der Waals surface area (Å²) in [6.45, 7) is 1.90. The molecule has 0 amide bonds. The highest BCUT2D eigenvalue weighted by atomic mass is 14.8. The van der Waals surface area contributed by atoms with Gasteiger partial charge in [0.15, 0.2) is 0 Å². The van der Waals surface area contributed by atoms with Crippen LogP contribution in [0.5, 0.6) is 0 Å². The van der Waals surface area contributed by atoms with Crippen molar-refractivity contribution in [3.63, 3.8) is 0 Å². The second-order valence-corrected chi connectivity index (χ2v) is 2.07. The van der Waals surface area contributed by atoms with Crippen molar-refractivity contribution in [2.75, 3.05) is 19.8 Å². The van der Waals surface area contributed by atoms with E-state index in [-0.39, 0.29) is 0 Å². The summed E-state index contributed by atoms with van der Waals surface area (Å²) >= 11 is 0. The van der Waals surface area contributed by atoms with E-state index in [2.05, 4.69) is 9.98 Å².